The highest BCUT2D eigenvalue weighted by atomic mass is 16.6. The second kappa shape index (κ2) is 9.82. The molecule has 0 amide bonds. The lowest BCUT2D eigenvalue weighted by molar-refractivity contribution is 0.00671. The number of imidazole rings is 1. The van der Waals surface area contributed by atoms with Crippen LogP contribution in [-0.4, -0.2) is 37.5 Å². The quantitative estimate of drug-likeness (QED) is 0.198. The van der Waals surface area contributed by atoms with Crippen LogP contribution in [0.25, 0.3) is 11.2 Å². The number of aromatic nitrogens is 4. The first-order chi connectivity index (χ1) is 17.5. The summed E-state index contributed by atoms with van der Waals surface area (Å²) in [6.45, 7) is 6.99. The molecule has 0 saturated carbocycles. The fourth-order valence-electron chi connectivity index (χ4n) is 3.24. The van der Waals surface area contributed by atoms with Gasteiger partial charge in [-0.15, -0.1) is 0 Å². The molecule has 2 aromatic carbocycles. The minimum absolute atomic E-state index is 0.0137. The number of nitrogens with zero attached hydrogens (tertiary/aromatic N) is 5. The van der Waals surface area contributed by atoms with E-state index in [-0.39, 0.29) is 46.1 Å². The molecule has 12 heteroatoms. The van der Waals surface area contributed by atoms with Crippen molar-refractivity contribution in [3.8, 4) is 29.5 Å². The van der Waals surface area contributed by atoms with E-state index in [0.29, 0.717) is 17.0 Å². The zero-order chi connectivity index (χ0) is 26.7. The third-order valence-corrected chi connectivity index (χ3v) is 4.67. The maximum absolute atomic E-state index is 12.9. The smallest absolute Gasteiger partial charge is 0.342 e. The summed E-state index contributed by atoms with van der Waals surface area (Å²) in [5, 5.41) is 9.40. The molecule has 12 nitrogen and oxygen atoms in total. The SMILES string of the molecule is Cc1nc2nc(Oc3ccccc3N=C(N)N)nc(Oc3cc(C#N)ccc3C(=O)OC(C)(C)C)c2[nH]1. The summed E-state index contributed by atoms with van der Waals surface area (Å²) < 4.78 is 17.4. The molecule has 37 heavy (non-hydrogen) atoms. The van der Waals surface area contributed by atoms with Gasteiger partial charge in [0.2, 0.25) is 0 Å². The number of nitrogens with one attached hydrogen (secondary N) is 1. The van der Waals surface area contributed by atoms with Gasteiger partial charge in [-0.3, -0.25) is 0 Å². The maximum Gasteiger partial charge on any atom is 0.342 e. The lowest BCUT2D eigenvalue weighted by Crippen LogP contribution is -2.24. The minimum atomic E-state index is -0.741. The lowest BCUT2D eigenvalue weighted by Gasteiger charge is -2.20. The van der Waals surface area contributed by atoms with Crippen molar-refractivity contribution in [2.75, 3.05) is 0 Å². The van der Waals surface area contributed by atoms with Crippen molar-refractivity contribution in [3.63, 3.8) is 0 Å². The second-order valence-electron chi connectivity index (χ2n) is 8.87. The first-order valence-electron chi connectivity index (χ1n) is 11.1. The van der Waals surface area contributed by atoms with Crippen LogP contribution in [0.1, 0.15) is 42.5 Å². The van der Waals surface area contributed by atoms with E-state index in [2.05, 4.69) is 24.9 Å². The number of nitrogens with two attached hydrogens (primary N) is 2. The molecular formula is C25H24N8O4. The molecular weight excluding hydrogens is 476 g/mol. The summed E-state index contributed by atoms with van der Waals surface area (Å²) >= 11 is 0. The molecule has 0 aliphatic carbocycles. The van der Waals surface area contributed by atoms with Gasteiger partial charge in [0.25, 0.3) is 5.88 Å². The average Bonchev–Trinajstić information content (AvgIpc) is 3.19. The normalized spacial score (nSPS) is 11.0. The number of guanidine groups is 1. The average molecular weight is 501 g/mol. The lowest BCUT2D eigenvalue weighted by atomic mass is 10.1. The molecule has 0 aliphatic heterocycles. The number of aryl methyl sites for hydroxylation is 1. The monoisotopic (exact) mass is 500 g/mol. The number of ether oxygens (including phenoxy) is 3. The van der Waals surface area contributed by atoms with Crippen LogP contribution >= 0.6 is 0 Å². The standard InChI is InChI=1S/C25H24N8O4/c1-13-29-19-20(30-13)32-24(36-17-8-6-5-7-16(17)31-23(27)28)33-21(19)35-18-11-14(12-26)9-10-15(18)22(34)37-25(2,3)4/h5-11H,1-4H3,(H4,27,28,31)(H,29,30,32,33). The molecule has 2 aromatic heterocycles. The van der Waals surface area contributed by atoms with E-state index < -0.39 is 11.6 Å². The van der Waals surface area contributed by atoms with Gasteiger partial charge in [-0.05, 0) is 58.0 Å². The second-order valence-corrected chi connectivity index (χ2v) is 8.87. The summed E-state index contributed by atoms with van der Waals surface area (Å²) in [5.74, 6) is 0.138. The van der Waals surface area contributed by atoms with Crippen molar-refractivity contribution in [1.29, 1.82) is 5.26 Å². The number of nitriles is 1. The molecule has 4 rings (SSSR count). The Balaban J connectivity index is 1.79. The number of carbonyl (C=O) groups excluding carboxylic acids is 1. The van der Waals surface area contributed by atoms with Crippen molar-refractivity contribution in [2.45, 2.75) is 33.3 Å². The van der Waals surface area contributed by atoms with Gasteiger partial charge in [0.15, 0.2) is 17.4 Å². The Kier molecular flexibility index (Phi) is 6.62. The van der Waals surface area contributed by atoms with E-state index in [0.717, 1.165) is 0 Å². The fourth-order valence-corrected chi connectivity index (χ4v) is 3.24. The number of carbonyl (C=O) groups is 1. The minimum Gasteiger partial charge on any atom is -0.456 e. The number of esters is 1. The van der Waals surface area contributed by atoms with Gasteiger partial charge in [0.1, 0.15) is 33.9 Å². The number of H-pyrrole nitrogens is 1. The molecule has 188 valence electrons. The third kappa shape index (κ3) is 5.91. The van der Waals surface area contributed by atoms with Crippen molar-refractivity contribution < 1.29 is 19.0 Å². The number of hydrogen-bond acceptors (Lipinski definition) is 9. The van der Waals surface area contributed by atoms with Gasteiger partial charge in [0.05, 0.1) is 11.6 Å². The highest BCUT2D eigenvalue weighted by Crippen LogP contribution is 2.35. The van der Waals surface area contributed by atoms with Crippen LogP contribution in [-0.2, 0) is 4.74 Å². The molecule has 4 aromatic rings. The summed E-state index contributed by atoms with van der Waals surface area (Å²) in [7, 11) is 0. The Morgan fingerprint density at radius 3 is 2.51 bits per heavy atom. The molecule has 0 spiro atoms. The van der Waals surface area contributed by atoms with E-state index in [1.807, 2.05) is 6.07 Å². The van der Waals surface area contributed by atoms with Gasteiger partial charge < -0.3 is 30.7 Å². The largest absolute Gasteiger partial charge is 0.456 e. The number of rotatable bonds is 6. The Hall–Kier alpha value is -5.18. The molecule has 0 unspecified atom stereocenters. The Morgan fingerprint density at radius 1 is 1.05 bits per heavy atom. The molecule has 0 saturated heterocycles. The van der Waals surface area contributed by atoms with Gasteiger partial charge in [0, 0.05) is 0 Å². The first kappa shape index (κ1) is 24.9. The maximum atomic E-state index is 12.9. The van der Waals surface area contributed by atoms with Gasteiger partial charge in [-0.25, -0.2) is 14.8 Å². The zero-order valence-corrected chi connectivity index (χ0v) is 20.6. The predicted octanol–water partition coefficient (Wildman–Crippen LogP) is 3.98. The Labute approximate surface area is 211 Å². The number of benzene rings is 2. The summed E-state index contributed by atoms with van der Waals surface area (Å²) in [6, 6.07) is 13.1. The number of hydrogen-bond donors (Lipinski definition) is 3. The summed E-state index contributed by atoms with van der Waals surface area (Å²) in [6.07, 6.45) is 0. The number of aromatic amines is 1. The third-order valence-electron chi connectivity index (χ3n) is 4.67. The fraction of sp³-hybridized carbons (Fsp3) is 0.200. The molecule has 2 heterocycles. The molecule has 0 atom stereocenters. The van der Waals surface area contributed by atoms with Crippen LogP contribution in [0.3, 0.4) is 0 Å². The van der Waals surface area contributed by atoms with E-state index in [1.54, 1.807) is 52.0 Å². The molecule has 0 aliphatic rings. The summed E-state index contributed by atoms with van der Waals surface area (Å²) in [4.78, 5) is 33.0. The van der Waals surface area contributed by atoms with Crippen LogP contribution in [0.4, 0.5) is 5.69 Å². The van der Waals surface area contributed by atoms with Crippen molar-refractivity contribution in [3.05, 3.63) is 59.4 Å². The van der Waals surface area contributed by atoms with Crippen LogP contribution < -0.4 is 20.9 Å². The van der Waals surface area contributed by atoms with Gasteiger partial charge in [-0.2, -0.15) is 15.2 Å². The molecule has 0 bridgehead atoms. The Morgan fingerprint density at radius 2 is 1.81 bits per heavy atom. The Bertz CT molecular complexity index is 1560. The molecule has 0 fully saturated rings. The number of aliphatic imine (C=N–C) groups is 1. The van der Waals surface area contributed by atoms with E-state index in [4.69, 9.17) is 25.7 Å². The van der Waals surface area contributed by atoms with Crippen molar-refractivity contribution in [1.82, 2.24) is 19.9 Å². The van der Waals surface area contributed by atoms with Crippen LogP contribution in [0, 0.1) is 18.3 Å². The van der Waals surface area contributed by atoms with E-state index in [1.165, 1.54) is 18.2 Å². The van der Waals surface area contributed by atoms with Crippen LogP contribution in [0.5, 0.6) is 23.4 Å². The van der Waals surface area contributed by atoms with Crippen LogP contribution in [0.15, 0.2) is 47.5 Å². The van der Waals surface area contributed by atoms with E-state index in [9.17, 15) is 10.1 Å². The van der Waals surface area contributed by atoms with Crippen molar-refractivity contribution >= 4 is 28.8 Å². The topological polar surface area (TPSA) is 187 Å². The zero-order valence-electron chi connectivity index (χ0n) is 20.6. The number of fused-ring (bicyclic) bond motifs is 1. The van der Waals surface area contributed by atoms with Crippen molar-refractivity contribution in [2.24, 2.45) is 16.5 Å². The summed E-state index contributed by atoms with van der Waals surface area (Å²) in [5.41, 5.74) is 11.7. The number of para-hydroxylation sites is 2. The predicted molar refractivity (Wildman–Crippen MR) is 135 cm³/mol. The molecule has 0 radical (unpaired) electrons. The van der Waals surface area contributed by atoms with E-state index >= 15 is 0 Å². The highest BCUT2D eigenvalue weighted by Gasteiger charge is 2.24. The van der Waals surface area contributed by atoms with Gasteiger partial charge in [-0.1, -0.05) is 12.1 Å². The highest BCUT2D eigenvalue weighted by molar-refractivity contribution is 5.93. The molecule has 5 N–H and O–H groups in total. The van der Waals surface area contributed by atoms with Gasteiger partial charge >= 0.3 is 12.0 Å². The first-order valence-corrected chi connectivity index (χ1v) is 11.1. The van der Waals surface area contributed by atoms with Crippen LogP contribution in [0.2, 0.25) is 0 Å².